The van der Waals surface area contributed by atoms with E-state index in [-0.39, 0.29) is 11.5 Å². The average molecular weight is 287 g/mol. The van der Waals surface area contributed by atoms with Crippen molar-refractivity contribution in [2.24, 2.45) is 5.73 Å². The molecule has 0 aliphatic heterocycles. The van der Waals surface area contributed by atoms with Crippen LogP contribution in [0.4, 0.5) is 4.39 Å². The Balaban J connectivity index is 2.86. The van der Waals surface area contributed by atoms with Crippen LogP contribution >= 0.6 is 11.6 Å². The van der Waals surface area contributed by atoms with E-state index < -0.39 is 17.4 Å². The third kappa shape index (κ3) is 3.91. The van der Waals surface area contributed by atoms with E-state index in [0.717, 1.165) is 6.42 Å². The summed E-state index contributed by atoms with van der Waals surface area (Å²) in [5.74, 6) is -0.740. The van der Waals surface area contributed by atoms with Crippen LogP contribution in [-0.4, -0.2) is 11.4 Å². The zero-order valence-corrected chi connectivity index (χ0v) is 12.2. The van der Waals surface area contributed by atoms with Gasteiger partial charge in [0.15, 0.2) is 0 Å². The van der Waals surface area contributed by atoms with Gasteiger partial charge in [-0.2, -0.15) is 0 Å². The fraction of sp³-hybridized carbons (Fsp3) is 0.500. The van der Waals surface area contributed by atoms with Gasteiger partial charge in [-0.25, -0.2) is 4.39 Å². The Bertz CT molecular complexity index is 443. The SMILES string of the molecule is CCCC(C)(N)C(=O)NC(C)c1c(F)cccc1Cl. The topological polar surface area (TPSA) is 55.1 Å². The second kappa shape index (κ2) is 6.35. The molecule has 1 aromatic carbocycles. The first kappa shape index (κ1) is 15.9. The van der Waals surface area contributed by atoms with Crippen molar-refractivity contribution in [3.8, 4) is 0 Å². The minimum atomic E-state index is -0.958. The highest BCUT2D eigenvalue weighted by Crippen LogP contribution is 2.26. The number of nitrogens with one attached hydrogen (secondary N) is 1. The van der Waals surface area contributed by atoms with Crippen LogP contribution in [0.2, 0.25) is 5.02 Å². The summed E-state index contributed by atoms with van der Waals surface area (Å²) < 4.78 is 13.7. The number of rotatable bonds is 5. The summed E-state index contributed by atoms with van der Waals surface area (Å²) in [5, 5.41) is 3.01. The second-order valence-corrected chi connectivity index (χ2v) is 5.41. The third-order valence-corrected chi connectivity index (χ3v) is 3.40. The largest absolute Gasteiger partial charge is 0.348 e. The van der Waals surface area contributed by atoms with Crippen LogP contribution in [0, 0.1) is 5.82 Å². The van der Waals surface area contributed by atoms with Crippen LogP contribution in [-0.2, 0) is 4.79 Å². The van der Waals surface area contributed by atoms with Gasteiger partial charge in [0, 0.05) is 10.6 Å². The molecule has 0 radical (unpaired) electrons. The van der Waals surface area contributed by atoms with E-state index in [9.17, 15) is 9.18 Å². The van der Waals surface area contributed by atoms with E-state index in [0.29, 0.717) is 11.4 Å². The van der Waals surface area contributed by atoms with Crippen LogP contribution in [0.3, 0.4) is 0 Å². The van der Waals surface area contributed by atoms with Crippen molar-refractivity contribution in [3.63, 3.8) is 0 Å². The Morgan fingerprint density at radius 3 is 2.74 bits per heavy atom. The minimum Gasteiger partial charge on any atom is -0.348 e. The number of hydrogen-bond acceptors (Lipinski definition) is 2. The summed E-state index contributed by atoms with van der Waals surface area (Å²) >= 11 is 5.96. The molecule has 3 N–H and O–H groups in total. The number of carbonyl (C=O) groups excluding carboxylic acids is 1. The fourth-order valence-corrected chi connectivity index (χ4v) is 2.32. The van der Waals surface area contributed by atoms with Gasteiger partial charge in [0.1, 0.15) is 5.82 Å². The monoisotopic (exact) mass is 286 g/mol. The number of hydrogen-bond donors (Lipinski definition) is 2. The quantitative estimate of drug-likeness (QED) is 0.873. The van der Waals surface area contributed by atoms with E-state index in [1.54, 1.807) is 19.9 Å². The van der Waals surface area contributed by atoms with Crippen LogP contribution in [0.5, 0.6) is 0 Å². The van der Waals surface area contributed by atoms with Crippen molar-refractivity contribution in [2.75, 3.05) is 0 Å². The molecule has 2 atom stereocenters. The summed E-state index contributed by atoms with van der Waals surface area (Å²) in [7, 11) is 0. The van der Waals surface area contributed by atoms with Crippen molar-refractivity contribution in [1.29, 1.82) is 0 Å². The Hall–Kier alpha value is -1.13. The molecule has 0 aromatic heterocycles. The van der Waals surface area contributed by atoms with E-state index in [2.05, 4.69) is 5.32 Å². The average Bonchev–Trinajstić information content (AvgIpc) is 2.28. The third-order valence-electron chi connectivity index (χ3n) is 3.07. The molecule has 0 bridgehead atoms. The number of benzene rings is 1. The van der Waals surface area contributed by atoms with Gasteiger partial charge in [0.05, 0.1) is 11.6 Å². The number of nitrogens with two attached hydrogens (primary N) is 1. The van der Waals surface area contributed by atoms with Gasteiger partial charge in [0.2, 0.25) is 5.91 Å². The molecule has 19 heavy (non-hydrogen) atoms. The van der Waals surface area contributed by atoms with Gasteiger partial charge in [-0.15, -0.1) is 0 Å². The smallest absolute Gasteiger partial charge is 0.240 e. The minimum absolute atomic E-state index is 0.282. The molecule has 0 saturated carbocycles. The standard InChI is InChI=1S/C14H20ClFN2O/c1-4-8-14(3,17)13(19)18-9(2)12-10(15)6-5-7-11(12)16/h5-7,9H,4,8,17H2,1-3H3,(H,18,19). The lowest BCUT2D eigenvalue weighted by atomic mass is 9.95. The van der Waals surface area contributed by atoms with Crippen LogP contribution in [0.25, 0.3) is 0 Å². The van der Waals surface area contributed by atoms with Crippen molar-refractivity contribution < 1.29 is 9.18 Å². The fourth-order valence-electron chi connectivity index (χ4n) is 1.99. The Labute approximate surface area is 118 Å². The second-order valence-electron chi connectivity index (χ2n) is 5.00. The maximum absolute atomic E-state index is 13.7. The molecule has 0 fully saturated rings. The summed E-state index contributed by atoms with van der Waals surface area (Å²) in [6, 6.07) is 3.91. The normalized spacial score (nSPS) is 15.7. The van der Waals surface area contributed by atoms with Gasteiger partial charge in [-0.3, -0.25) is 4.79 Å². The predicted octanol–water partition coefficient (Wildman–Crippen LogP) is 3.17. The maximum Gasteiger partial charge on any atom is 0.240 e. The first-order chi connectivity index (χ1) is 8.79. The number of amides is 1. The highest BCUT2D eigenvalue weighted by atomic mass is 35.5. The first-order valence-electron chi connectivity index (χ1n) is 6.33. The van der Waals surface area contributed by atoms with Gasteiger partial charge >= 0.3 is 0 Å². The van der Waals surface area contributed by atoms with Crippen LogP contribution < -0.4 is 11.1 Å². The van der Waals surface area contributed by atoms with Crippen LogP contribution in [0.1, 0.15) is 45.2 Å². The Morgan fingerprint density at radius 1 is 1.58 bits per heavy atom. The molecule has 0 spiro atoms. The van der Waals surface area contributed by atoms with Crippen LogP contribution in [0.15, 0.2) is 18.2 Å². The summed E-state index contributed by atoms with van der Waals surface area (Å²) in [5.41, 5.74) is 5.26. The molecule has 106 valence electrons. The number of halogens is 2. The molecule has 5 heteroatoms. The van der Waals surface area contributed by atoms with Gasteiger partial charge in [-0.1, -0.05) is 31.0 Å². The maximum atomic E-state index is 13.7. The zero-order chi connectivity index (χ0) is 14.6. The summed E-state index contributed by atoms with van der Waals surface area (Å²) in [6.07, 6.45) is 1.37. The molecule has 0 saturated heterocycles. The van der Waals surface area contributed by atoms with Gasteiger partial charge in [-0.05, 0) is 32.4 Å². The molecule has 1 amide bonds. The molecular weight excluding hydrogens is 267 g/mol. The van der Waals surface area contributed by atoms with Crippen molar-refractivity contribution in [2.45, 2.75) is 45.2 Å². The summed E-state index contributed by atoms with van der Waals surface area (Å²) in [4.78, 5) is 12.1. The highest BCUT2D eigenvalue weighted by Gasteiger charge is 2.29. The van der Waals surface area contributed by atoms with E-state index in [4.69, 9.17) is 17.3 Å². The van der Waals surface area contributed by atoms with E-state index >= 15 is 0 Å². The van der Waals surface area contributed by atoms with Crippen molar-refractivity contribution in [1.82, 2.24) is 5.32 Å². The predicted molar refractivity (Wildman–Crippen MR) is 75.5 cm³/mol. The molecule has 1 aromatic rings. The lowest BCUT2D eigenvalue weighted by Gasteiger charge is -2.26. The zero-order valence-electron chi connectivity index (χ0n) is 11.5. The molecular formula is C14H20ClFN2O. The van der Waals surface area contributed by atoms with Gasteiger partial charge < -0.3 is 11.1 Å². The Morgan fingerprint density at radius 2 is 2.21 bits per heavy atom. The van der Waals surface area contributed by atoms with E-state index in [1.807, 2.05) is 6.92 Å². The van der Waals surface area contributed by atoms with Crippen molar-refractivity contribution in [3.05, 3.63) is 34.6 Å². The molecule has 1 rings (SSSR count). The lowest BCUT2D eigenvalue weighted by molar-refractivity contribution is -0.126. The molecule has 3 nitrogen and oxygen atoms in total. The summed E-state index contributed by atoms with van der Waals surface area (Å²) in [6.45, 7) is 5.31. The first-order valence-corrected chi connectivity index (χ1v) is 6.71. The highest BCUT2D eigenvalue weighted by molar-refractivity contribution is 6.31. The van der Waals surface area contributed by atoms with Crippen molar-refractivity contribution >= 4 is 17.5 Å². The number of carbonyl (C=O) groups is 1. The molecule has 0 aliphatic carbocycles. The molecule has 2 unspecified atom stereocenters. The van der Waals surface area contributed by atoms with Gasteiger partial charge in [0.25, 0.3) is 0 Å². The lowest BCUT2D eigenvalue weighted by Crippen LogP contribution is -2.52. The molecule has 0 aliphatic rings. The van der Waals surface area contributed by atoms with E-state index in [1.165, 1.54) is 12.1 Å². The Kier molecular flexibility index (Phi) is 5.32. The molecule has 0 heterocycles.